The summed E-state index contributed by atoms with van der Waals surface area (Å²) in [4.78, 5) is 4.25. The van der Waals surface area contributed by atoms with E-state index in [9.17, 15) is 4.39 Å². The molecule has 0 unspecified atom stereocenters. The van der Waals surface area contributed by atoms with Gasteiger partial charge in [0.1, 0.15) is 5.82 Å². The number of nitrogens with zero attached hydrogens (tertiary/aromatic N) is 3. The Hall–Kier alpha value is -2.82. The van der Waals surface area contributed by atoms with Crippen LogP contribution in [0.2, 0.25) is 0 Å². The minimum atomic E-state index is -0.262. The van der Waals surface area contributed by atoms with Gasteiger partial charge in [-0.15, -0.1) is 24.0 Å². The number of ether oxygens (including phenoxy) is 2. The number of nitrogens with one attached hydrogen (secondary N) is 2. The summed E-state index contributed by atoms with van der Waals surface area (Å²) in [6.07, 6.45) is 2.60. The van der Waals surface area contributed by atoms with E-state index in [1.165, 1.54) is 12.1 Å². The molecule has 2 aromatic carbocycles. The summed E-state index contributed by atoms with van der Waals surface area (Å²) < 4.78 is 25.4. The molecule has 166 valence electrons. The van der Waals surface area contributed by atoms with Crippen LogP contribution >= 0.6 is 24.0 Å². The Labute approximate surface area is 198 Å². The minimum absolute atomic E-state index is 0. The third kappa shape index (κ3) is 6.84. The second kappa shape index (κ2) is 12.1. The largest absolute Gasteiger partial charge is 0.493 e. The topological polar surface area (TPSA) is 72.7 Å². The average molecular weight is 539 g/mol. The van der Waals surface area contributed by atoms with Crippen LogP contribution in [-0.4, -0.2) is 43.6 Å². The predicted molar refractivity (Wildman–Crippen MR) is 130 cm³/mol. The number of benzene rings is 2. The maximum atomic E-state index is 13.1. The normalized spacial score (nSPS) is 10.9. The van der Waals surface area contributed by atoms with Crippen molar-refractivity contribution in [3.05, 3.63) is 71.8 Å². The van der Waals surface area contributed by atoms with E-state index in [1.807, 2.05) is 30.5 Å². The van der Waals surface area contributed by atoms with Crippen molar-refractivity contribution in [1.82, 2.24) is 20.4 Å². The summed E-state index contributed by atoms with van der Waals surface area (Å²) in [6, 6.07) is 14.0. The number of hydrogen-bond acceptors (Lipinski definition) is 4. The lowest BCUT2D eigenvalue weighted by Gasteiger charge is -2.13. The first kappa shape index (κ1) is 24.4. The zero-order chi connectivity index (χ0) is 21.3. The lowest BCUT2D eigenvalue weighted by atomic mass is 10.2. The van der Waals surface area contributed by atoms with E-state index in [1.54, 1.807) is 38.1 Å². The summed E-state index contributed by atoms with van der Waals surface area (Å²) in [5, 5.41) is 11.1. The second-order valence-corrected chi connectivity index (χ2v) is 6.52. The third-order valence-electron chi connectivity index (χ3n) is 4.54. The highest BCUT2D eigenvalue weighted by Crippen LogP contribution is 2.27. The van der Waals surface area contributed by atoms with Gasteiger partial charge in [-0.2, -0.15) is 5.10 Å². The molecule has 9 heteroatoms. The fraction of sp³-hybridized carbons (Fsp3) is 0.273. The van der Waals surface area contributed by atoms with E-state index in [-0.39, 0.29) is 29.8 Å². The van der Waals surface area contributed by atoms with Crippen molar-refractivity contribution in [2.75, 3.05) is 27.8 Å². The minimum Gasteiger partial charge on any atom is -0.493 e. The Bertz CT molecular complexity index is 992. The lowest BCUT2D eigenvalue weighted by molar-refractivity contribution is 0.354. The Morgan fingerprint density at radius 2 is 1.77 bits per heavy atom. The highest BCUT2D eigenvalue weighted by atomic mass is 127. The van der Waals surface area contributed by atoms with E-state index in [0.29, 0.717) is 30.5 Å². The zero-order valence-corrected chi connectivity index (χ0v) is 20.1. The summed E-state index contributed by atoms with van der Waals surface area (Å²) in [5.74, 6) is 1.82. The van der Waals surface area contributed by atoms with E-state index < -0.39 is 0 Å². The molecule has 0 atom stereocenters. The van der Waals surface area contributed by atoms with Gasteiger partial charge in [0.05, 0.1) is 25.6 Å². The van der Waals surface area contributed by atoms with Gasteiger partial charge in [-0.1, -0.05) is 6.07 Å². The van der Waals surface area contributed by atoms with Crippen LogP contribution in [0, 0.1) is 5.82 Å². The van der Waals surface area contributed by atoms with Crippen molar-refractivity contribution >= 4 is 29.9 Å². The van der Waals surface area contributed by atoms with Gasteiger partial charge < -0.3 is 20.1 Å². The molecule has 0 aliphatic carbocycles. The zero-order valence-electron chi connectivity index (χ0n) is 17.8. The van der Waals surface area contributed by atoms with Gasteiger partial charge in [0.15, 0.2) is 17.5 Å². The smallest absolute Gasteiger partial charge is 0.191 e. The second-order valence-electron chi connectivity index (χ2n) is 6.52. The number of guanidine groups is 1. The number of methoxy groups -OCH3 is 2. The first-order valence-electron chi connectivity index (χ1n) is 9.59. The fourth-order valence-electron chi connectivity index (χ4n) is 2.94. The monoisotopic (exact) mass is 539 g/mol. The molecule has 0 bridgehead atoms. The Balaban J connectivity index is 0.00000341. The molecule has 3 rings (SSSR count). The van der Waals surface area contributed by atoms with E-state index in [0.717, 1.165) is 23.4 Å². The highest BCUT2D eigenvalue weighted by molar-refractivity contribution is 14.0. The van der Waals surface area contributed by atoms with Crippen LogP contribution < -0.4 is 20.1 Å². The van der Waals surface area contributed by atoms with E-state index in [2.05, 4.69) is 20.7 Å². The van der Waals surface area contributed by atoms with Gasteiger partial charge in [0.25, 0.3) is 0 Å². The van der Waals surface area contributed by atoms with Gasteiger partial charge in [0, 0.05) is 32.8 Å². The molecule has 3 aromatic rings. The Morgan fingerprint density at radius 1 is 1.03 bits per heavy atom. The van der Waals surface area contributed by atoms with Crippen molar-refractivity contribution < 1.29 is 13.9 Å². The third-order valence-corrected chi connectivity index (χ3v) is 4.54. The van der Waals surface area contributed by atoms with Crippen LogP contribution in [0.3, 0.4) is 0 Å². The Morgan fingerprint density at radius 3 is 2.45 bits per heavy atom. The average Bonchev–Trinajstić information content (AvgIpc) is 3.25. The highest BCUT2D eigenvalue weighted by Gasteiger charge is 2.06. The lowest BCUT2D eigenvalue weighted by Crippen LogP contribution is -2.37. The summed E-state index contributed by atoms with van der Waals surface area (Å²) >= 11 is 0. The standard InChI is InChI=1S/C22H26FN5O2.HI/c1-24-22(26-15-16-4-9-20(29-2)21(14-16)30-3)25-12-10-18-11-13-28(27-18)19-7-5-17(23)6-8-19;/h4-9,11,13-14H,10,12,15H2,1-3H3,(H2,24,25,26);1H. The van der Waals surface area contributed by atoms with Crippen molar-refractivity contribution in [3.63, 3.8) is 0 Å². The van der Waals surface area contributed by atoms with Gasteiger partial charge in [-0.05, 0) is 48.0 Å². The van der Waals surface area contributed by atoms with Crippen LogP contribution in [0.15, 0.2) is 59.7 Å². The molecule has 0 aliphatic heterocycles. The van der Waals surface area contributed by atoms with Gasteiger partial charge in [-0.3, -0.25) is 4.99 Å². The number of aliphatic imine (C=N–C) groups is 1. The molecular formula is C22H27FIN5O2. The molecule has 0 saturated heterocycles. The maximum absolute atomic E-state index is 13.1. The van der Waals surface area contributed by atoms with Crippen molar-refractivity contribution in [3.8, 4) is 17.2 Å². The SMILES string of the molecule is CN=C(NCCc1ccn(-c2ccc(F)cc2)n1)NCc1ccc(OC)c(OC)c1.I. The summed E-state index contributed by atoms with van der Waals surface area (Å²) in [5.41, 5.74) is 2.80. The number of hydrogen-bond donors (Lipinski definition) is 2. The van der Waals surface area contributed by atoms with Crippen molar-refractivity contribution in [2.24, 2.45) is 4.99 Å². The van der Waals surface area contributed by atoms with Crippen molar-refractivity contribution in [1.29, 1.82) is 0 Å². The molecule has 7 nitrogen and oxygen atoms in total. The molecule has 0 fully saturated rings. The van der Waals surface area contributed by atoms with Gasteiger partial charge >= 0.3 is 0 Å². The summed E-state index contributed by atoms with van der Waals surface area (Å²) in [7, 11) is 4.96. The molecule has 2 N–H and O–H groups in total. The fourth-order valence-corrected chi connectivity index (χ4v) is 2.94. The first-order valence-corrected chi connectivity index (χ1v) is 9.59. The quantitative estimate of drug-likeness (QED) is 0.260. The molecule has 0 spiro atoms. The van der Waals surface area contributed by atoms with Crippen LogP contribution in [0.4, 0.5) is 4.39 Å². The van der Waals surface area contributed by atoms with Crippen LogP contribution in [0.5, 0.6) is 11.5 Å². The first-order chi connectivity index (χ1) is 14.6. The van der Waals surface area contributed by atoms with Crippen LogP contribution in [-0.2, 0) is 13.0 Å². The molecular weight excluding hydrogens is 512 g/mol. The van der Waals surface area contributed by atoms with Crippen LogP contribution in [0.1, 0.15) is 11.3 Å². The van der Waals surface area contributed by atoms with Crippen molar-refractivity contribution in [2.45, 2.75) is 13.0 Å². The van der Waals surface area contributed by atoms with Gasteiger partial charge in [0.2, 0.25) is 0 Å². The Kier molecular flexibility index (Phi) is 9.57. The molecule has 1 heterocycles. The summed E-state index contributed by atoms with van der Waals surface area (Å²) in [6.45, 7) is 1.27. The number of aromatic nitrogens is 2. The molecule has 0 amide bonds. The number of halogens is 2. The maximum Gasteiger partial charge on any atom is 0.191 e. The molecule has 0 aliphatic rings. The predicted octanol–water partition coefficient (Wildman–Crippen LogP) is 3.55. The van der Waals surface area contributed by atoms with Gasteiger partial charge in [-0.25, -0.2) is 9.07 Å². The molecule has 0 radical (unpaired) electrons. The van der Waals surface area contributed by atoms with E-state index in [4.69, 9.17) is 9.47 Å². The molecule has 1 aromatic heterocycles. The number of rotatable bonds is 8. The van der Waals surface area contributed by atoms with Crippen LogP contribution in [0.25, 0.3) is 5.69 Å². The molecule has 31 heavy (non-hydrogen) atoms. The van der Waals surface area contributed by atoms with E-state index >= 15 is 0 Å². The molecule has 0 saturated carbocycles.